The Labute approximate surface area is 115 Å². The lowest BCUT2D eigenvalue weighted by molar-refractivity contribution is -0.147. The van der Waals surface area contributed by atoms with Crippen molar-refractivity contribution in [2.75, 3.05) is 25.1 Å². The molecule has 19 heavy (non-hydrogen) atoms. The molecule has 0 aromatic heterocycles. The van der Waals surface area contributed by atoms with Gasteiger partial charge >= 0.3 is 5.97 Å². The van der Waals surface area contributed by atoms with Crippen molar-refractivity contribution in [2.45, 2.75) is 45.6 Å². The topological polar surface area (TPSA) is 74.7 Å². The van der Waals surface area contributed by atoms with Gasteiger partial charge in [-0.3, -0.25) is 4.79 Å². The van der Waals surface area contributed by atoms with Crippen LogP contribution in [0.5, 0.6) is 0 Å². The summed E-state index contributed by atoms with van der Waals surface area (Å²) in [7, 11) is -0.873. The standard InChI is InChI=1S/C13H25NO4S/c1-13(2,12(15)16)7-4-5-8-14(3)11-6-9-19(17,18)10-11/h11H,4-10H2,1-3H3,(H,15,16). The van der Waals surface area contributed by atoms with Crippen LogP contribution < -0.4 is 0 Å². The average Bonchev–Trinajstić information content (AvgIpc) is 2.64. The maximum Gasteiger partial charge on any atom is 0.309 e. The normalized spacial score (nSPS) is 22.8. The molecule has 1 atom stereocenters. The van der Waals surface area contributed by atoms with Gasteiger partial charge in [-0.25, -0.2) is 8.42 Å². The third-order valence-electron chi connectivity index (χ3n) is 3.97. The molecular weight excluding hydrogens is 266 g/mol. The van der Waals surface area contributed by atoms with Crippen molar-refractivity contribution in [1.82, 2.24) is 4.90 Å². The van der Waals surface area contributed by atoms with Crippen molar-refractivity contribution in [2.24, 2.45) is 5.41 Å². The van der Waals surface area contributed by atoms with Gasteiger partial charge in [0.15, 0.2) is 9.84 Å². The molecule has 6 heteroatoms. The first-order valence-corrected chi connectivity index (χ1v) is 8.60. The molecule has 0 spiro atoms. The van der Waals surface area contributed by atoms with Gasteiger partial charge in [-0.15, -0.1) is 0 Å². The highest BCUT2D eigenvalue weighted by Crippen LogP contribution is 2.24. The highest BCUT2D eigenvalue weighted by Gasteiger charge is 2.30. The maximum absolute atomic E-state index is 11.4. The molecular formula is C13H25NO4S. The molecule has 0 radical (unpaired) electrons. The lowest BCUT2D eigenvalue weighted by Crippen LogP contribution is -2.33. The van der Waals surface area contributed by atoms with Crippen LogP contribution in [0.3, 0.4) is 0 Å². The molecule has 0 saturated carbocycles. The monoisotopic (exact) mass is 291 g/mol. The van der Waals surface area contributed by atoms with Crippen LogP contribution in [0.2, 0.25) is 0 Å². The van der Waals surface area contributed by atoms with Crippen molar-refractivity contribution in [3.05, 3.63) is 0 Å². The molecule has 1 saturated heterocycles. The smallest absolute Gasteiger partial charge is 0.309 e. The van der Waals surface area contributed by atoms with Crippen LogP contribution in [0.1, 0.15) is 39.5 Å². The predicted molar refractivity (Wildman–Crippen MR) is 75.0 cm³/mol. The molecule has 1 rings (SSSR count). The number of unbranched alkanes of at least 4 members (excludes halogenated alkanes) is 1. The number of hydrogen-bond acceptors (Lipinski definition) is 4. The third-order valence-corrected chi connectivity index (χ3v) is 5.72. The Morgan fingerprint density at radius 3 is 2.47 bits per heavy atom. The van der Waals surface area contributed by atoms with Crippen LogP contribution in [0, 0.1) is 5.41 Å². The fourth-order valence-electron chi connectivity index (χ4n) is 2.34. The van der Waals surface area contributed by atoms with Crippen molar-refractivity contribution < 1.29 is 18.3 Å². The molecule has 1 N–H and O–H groups in total. The zero-order chi connectivity index (χ0) is 14.7. The Morgan fingerprint density at radius 2 is 2.00 bits per heavy atom. The zero-order valence-electron chi connectivity index (χ0n) is 12.1. The van der Waals surface area contributed by atoms with E-state index in [1.54, 1.807) is 13.8 Å². The number of aliphatic carboxylic acids is 1. The van der Waals surface area contributed by atoms with E-state index < -0.39 is 21.2 Å². The molecule has 0 amide bonds. The summed E-state index contributed by atoms with van der Waals surface area (Å²) in [4.78, 5) is 13.0. The van der Waals surface area contributed by atoms with Gasteiger partial charge in [0, 0.05) is 6.04 Å². The van der Waals surface area contributed by atoms with Gasteiger partial charge in [-0.1, -0.05) is 6.42 Å². The van der Waals surface area contributed by atoms with Crippen LogP contribution in [0.15, 0.2) is 0 Å². The van der Waals surface area contributed by atoms with Crippen LogP contribution in [-0.2, 0) is 14.6 Å². The van der Waals surface area contributed by atoms with E-state index in [2.05, 4.69) is 4.90 Å². The summed E-state index contributed by atoms with van der Waals surface area (Å²) in [5, 5.41) is 9.00. The first kappa shape index (κ1) is 16.4. The van der Waals surface area contributed by atoms with Crippen molar-refractivity contribution in [3.63, 3.8) is 0 Å². The van der Waals surface area contributed by atoms with Gasteiger partial charge in [-0.2, -0.15) is 0 Å². The molecule has 1 aliphatic heterocycles. The van der Waals surface area contributed by atoms with Crippen LogP contribution in [-0.4, -0.2) is 55.5 Å². The summed E-state index contributed by atoms with van der Waals surface area (Å²) in [6.07, 6.45) is 3.13. The Bertz CT molecular complexity index is 416. The number of nitrogens with zero attached hydrogens (tertiary/aromatic N) is 1. The number of hydrogen-bond donors (Lipinski definition) is 1. The predicted octanol–water partition coefficient (Wildman–Crippen LogP) is 1.39. The minimum absolute atomic E-state index is 0.137. The Morgan fingerprint density at radius 1 is 1.37 bits per heavy atom. The second kappa shape index (κ2) is 6.22. The van der Waals surface area contributed by atoms with Gasteiger partial charge in [0.25, 0.3) is 0 Å². The molecule has 0 aromatic carbocycles. The fourth-order valence-corrected chi connectivity index (χ4v) is 4.15. The summed E-state index contributed by atoms with van der Waals surface area (Å²) in [6, 6.07) is 0.137. The number of carboxylic acid groups (broad SMARTS) is 1. The summed E-state index contributed by atoms with van der Waals surface area (Å²) < 4.78 is 22.8. The first-order chi connectivity index (χ1) is 8.64. The Balaban J connectivity index is 2.25. The highest BCUT2D eigenvalue weighted by molar-refractivity contribution is 7.91. The van der Waals surface area contributed by atoms with E-state index in [-0.39, 0.29) is 11.8 Å². The van der Waals surface area contributed by atoms with Gasteiger partial charge in [-0.05, 0) is 46.7 Å². The van der Waals surface area contributed by atoms with Gasteiger partial charge in [0.1, 0.15) is 0 Å². The molecule has 1 fully saturated rings. The summed E-state index contributed by atoms with van der Waals surface area (Å²) in [6.45, 7) is 4.31. The number of carbonyl (C=O) groups is 1. The number of carboxylic acids is 1. The molecule has 0 aliphatic carbocycles. The molecule has 0 aromatic rings. The van der Waals surface area contributed by atoms with Crippen molar-refractivity contribution >= 4 is 15.8 Å². The third kappa shape index (κ3) is 5.10. The van der Waals surface area contributed by atoms with E-state index >= 15 is 0 Å². The molecule has 0 bridgehead atoms. The van der Waals surface area contributed by atoms with E-state index in [9.17, 15) is 13.2 Å². The first-order valence-electron chi connectivity index (χ1n) is 6.78. The second-order valence-corrected chi connectivity index (χ2v) is 8.41. The minimum atomic E-state index is -2.82. The van der Waals surface area contributed by atoms with E-state index in [1.165, 1.54) is 0 Å². The minimum Gasteiger partial charge on any atom is -0.481 e. The quantitative estimate of drug-likeness (QED) is 0.717. The fraction of sp³-hybridized carbons (Fsp3) is 0.923. The lowest BCUT2D eigenvalue weighted by atomic mass is 9.87. The lowest BCUT2D eigenvalue weighted by Gasteiger charge is -2.24. The van der Waals surface area contributed by atoms with Crippen LogP contribution in [0.4, 0.5) is 0 Å². The van der Waals surface area contributed by atoms with Crippen molar-refractivity contribution in [1.29, 1.82) is 0 Å². The van der Waals surface area contributed by atoms with Crippen LogP contribution in [0.25, 0.3) is 0 Å². The molecule has 112 valence electrons. The van der Waals surface area contributed by atoms with Gasteiger partial charge in [0.2, 0.25) is 0 Å². The summed E-state index contributed by atoms with van der Waals surface area (Å²) in [5.41, 5.74) is -0.671. The Kier molecular flexibility index (Phi) is 5.38. The van der Waals surface area contributed by atoms with E-state index in [1.807, 2.05) is 7.05 Å². The van der Waals surface area contributed by atoms with Crippen LogP contribution >= 0.6 is 0 Å². The van der Waals surface area contributed by atoms with E-state index in [0.29, 0.717) is 12.2 Å². The largest absolute Gasteiger partial charge is 0.481 e. The summed E-state index contributed by atoms with van der Waals surface area (Å²) >= 11 is 0. The molecule has 5 nitrogen and oxygen atoms in total. The molecule has 1 aliphatic rings. The maximum atomic E-state index is 11.4. The average molecular weight is 291 g/mol. The van der Waals surface area contributed by atoms with Gasteiger partial charge < -0.3 is 10.0 Å². The molecule has 1 unspecified atom stereocenters. The van der Waals surface area contributed by atoms with Gasteiger partial charge in [0.05, 0.1) is 16.9 Å². The summed E-state index contributed by atoms with van der Waals surface area (Å²) in [5.74, 6) is -0.194. The molecule has 1 heterocycles. The van der Waals surface area contributed by atoms with E-state index in [4.69, 9.17) is 5.11 Å². The van der Waals surface area contributed by atoms with E-state index in [0.717, 1.165) is 25.8 Å². The van der Waals surface area contributed by atoms with Crippen molar-refractivity contribution in [3.8, 4) is 0 Å². The zero-order valence-corrected chi connectivity index (χ0v) is 12.9. The highest BCUT2D eigenvalue weighted by atomic mass is 32.2. The SMILES string of the molecule is CN(CCCCC(C)(C)C(=O)O)C1CCS(=O)(=O)C1. The second-order valence-electron chi connectivity index (χ2n) is 6.18. The number of sulfone groups is 1. The Hall–Kier alpha value is -0.620. The number of rotatable bonds is 7.